The molecule has 0 heterocycles. The highest BCUT2D eigenvalue weighted by Gasteiger charge is 2.17. The van der Waals surface area contributed by atoms with Crippen LogP contribution in [0, 0.1) is 0 Å². The van der Waals surface area contributed by atoms with E-state index in [-0.39, 0.29) is 19.1 Å². The Balaban J connectivity index is 2.74. The van der Waals surface area contributed by atoms with Crippen molar-refractivity contribution in [3.63, 3.8) is 0 Å². The van der Waals surface area contributed by atoms with Crippen LogP contribution < -0.4 is 0 Å². The lowest BCUT2D eigenvalue weighted by Crippen LogP contribution is -2.38. The molecule has 106 valence electrons. The van der Waals surface area contributed by atoms with Crippen molar-refractivity contribution in [1.82, 2.24) is 4.90 Å². The average Bonchev–Trinajstić information content (AvgIpc) is 2.37. The minimum absolute atomic E-state index is 0.0245. The first-order valence-corrected chi connectivity index (χ1v) is 6.75. The third kappa shape index (κ3) is 5.59. The van der Waals surface area contributed by atoms with E-state index in [4.69, 9.17) is 16.7 Å². The number of rotatable bonds is 8. The van der Waals surface area contributed by atoms with Crippen molar-refractivity contribution in [1.29, 1.82) is 0 Å². The van der Waals surface area contributed by atoms with Gasteiger partial charge in [0.1, 0.15) is 0 Å². The number of benzene rings is 1. The number of hydrogen-bond acceptors (Lipinski definition) is 3. The van der Waals surface area contributed by atoms with Gasteiger partial charge in [0.15, 0.2) is 0 Å². The minimum Gasteiger partial charge on any atom is -0.481 e. The summed E-state index contributed by atoms with van der Waals surface area (Å²) in [7, 11) is 0. The van der Waals surface area contributed by atoms with Gasteiger partial charge in [-0.05, 0) is 24.1 Å². The molecule has 5 heteroatoms. The molecule has 0 bridgehead atoms. The van der Waals surface area contributed by atoms with E-state index in [1.807, 2.05) is 30.0 Å². The summed E-state index contributed by atoms with van der Waals surface area (Å²) < 4.78 is 0. The maximum absolute atomic E-state index is 10.7. The van der Waals surface area contributed by atoms with Crippen LogP contribution >= 0.6 is 11.6 Å². The summed E-state index contributed by atoms with van der Waals surface area (Å²) in [6, 6.07) is 7.45. The molecule has 0 aliphatic heterocycles. The Morgan fingerprint density at radius 1 is 1.47 bits per heavy atom. The van der Waals surface area contributed by atoms with Gasteiger partial charge in [-0.3, -0.25) is 9.69 Å². The molecule has 0 amide bonds. The number of aliphatic hydroxyl groups excluding tert-OH is 1. The molecule has 0 aliphatic rings. The Kier molecular flexibility index (Phi) is 6.84. The Hall–Kier alpha value is -1.10. The standard InChI is InChI=1S/C14H20ClNO3/c1-2-13(10-17)16(7-6-14(18)19)9-11-4-3-5-12(15)8-11/h3-5,8,13,17H,2,6-7,9-10H2,1H3,(H,18,19). The van der Waals surface area contributed by atoms with Gasteiger partial charge in [-0.1, -0.05) is 30.7 Å². The fourth-order valence-corrected chi connectivity index (χ4v) is 2.22. The molecule has 4 nitrogen and oxygen atoms in total. The summed E-state index contributed by atoms with van der Waals surface area (Å²) in [6.07, 6.45) is 0.841. The molecule has 0 aromatic heterocycles. The van der Waals surface area contributed by atoms with Gasteiger partial charge in [0.2, 0.25) is 0 Å². The van der Waals surface area contributed by atoms with Crippen molar-refractivity contribution < 1.29 is 15.0 Å². The summed E-state index contributed by atoms with van der Waals surface area (Å²) in [4.78, 5) is 12.7. The monoisotopic (exact) mass is 285 g/mol. The number of carbonyl (C=O) groups is 1. The summed E-state index contributed by atoms with van der Waals surface area (Å²) >= 11 is 5.94. The third-order valence-corrected chi connectivity index (χ3v) is 3.32. The van der Waals surface area contributed by atoms with Crippen LogP contribution in [0.4, 0.5) is 0 Å². The van der Waals surface area contributed by atoms with Crippen LogP contribution in [0.25, 0.3) is 0 Å². The Labute approximate surface area is 118 Å². The number of aliphatic hydroxyl groups is 1. The zero-order chi connectivity index (χ0) is 14.3. The highest BCUT2D eigenvalue weighted by atomic mass is 35.5. The molecule has 1 rings (SSSR count). The Morgan fingerprint density at radius 2 is 2.21 bits per heavy atom. The van der Waals surface area contributed by atoms with Crippen LogP contribution in [-0.4, -0.2) is 40.3 Å². The van der Waals surface area contributed by atoms with Crippen molar-refractivity contribution in [2.24, 2.45) is 0 Å². The van der Waals surface area contributed by atoms with Gasteiger partial charge in [0.05, 0.1) is 13.0 Å². The number of carboxylic acid groups (broad SMARTS) is 1. The first-order valence-electron chi connectivity index (χ1n) is 6.38. The fourth-order valence-electron chi connectivity index (χ4n) is 2.00. The van der Waals surface area contributed by atoms with Gasteiger partial charge in [-0.2, -0.15) is 0 Å². The quantitative estimate of drug-likeness (QED) is 0.770. The van der Waals surface area contributed by atoms with E-state index >= 15 is 0 Å². The molecule has 0 aliphatic carbocycles. The normalized spacial score (nSPS) is 12.6. The maximum Gasteiger partial charge on any atom is 0.304 e. The molecular formula is C14H20ClNO3. The summed E-state index contributed by atoms with van der Waals surface area (Å²) in [5.41, 5.74) is 1.02. The zero-order valence-corrected chi connectivity index (χ0v) is 11.8. The van der Waals surface area contributed by atoms with E-state index in [9.17, 15) is 9.90 Å². The molecule has 0 saturated carbocycles. The topological polar surface area (TPSA) is 60.8 Å². The molecule has 0 saturated heterocycles. The fraction of sp³-hybridized carbons (Fsp3) is 0.500. The van der Waals surface area contributed by atoms with Crippen molar-refractivity contribution >= 4 is 17.6 Å². The van der Waals surface area contributed by atoms with E-state index in [1.165, 1.54) is 0 Å². The lowest BCUT2D eigenvalue weighted by Gasteiger charge is -2.29. The van der Waals surface area contributed by atoms with Crippen molar-refractivity contribution in [3.8, 4) is 0 Å². The number of aliphatic carboxylic acids is 1. The maximum atomic E-state index is 10.7. The number of halogens is 1. The molecule has 1 unspecified atom stereocenters. The van der Waals surface area contributed by atoms with Gasteiger partial charge in [0.25, 0.3) is 0 Å². The number of carboxylic acids is 1. The molecule has 2 N–H and O–H groups in total. The van der Waals surface area contributed by atoms with E-state index in [0.29, 0.717) is 18.1 Å². The largest absolute Gasteiger partial charge is 0.481 e. The zero-order valence-electron chi connectivity index (χ0n) is 11.1. The summed E-state index contributed by atoms with van der Waals surface area (Å²) in [5.74, 6) is -0.830. The van der Waals surface area contributed by atoms with Gasteiger partial charge in [-0.25, -0.2) is 0 Å². The SMILES string of the molecule is CCC(CO)N(CCC(=O)O)Cc1cccc(Cl)c1. The predicted octanol–water partition coefficient (Wildman–Crippen LogP) is 2.39. The number of nitrogens with zero attached hydrogens (tertiary/aromatic N) is 1. The van der Waals surface area contributed by atoms with Gasteiger partial charge < -0.3 is 10.2 Å². The average molecular weight is 286 g/mol. The van der Waals surface area contributed by atoms with Gasteiger partial charge >= 0.3 is 5.97 Å². The molecular weight excluding hydrogens is 266 g/mol. The lowest BCUT2D eigenvalue weighted by atomic mass is 10.1. The lowest BCUT2D eigenvalue weighted by molar-refractivity contribution is -0.137. The molecule has 1 aromatic carbocycles. The second kappa shape index (κ2) is 8.15. The van der Waals surface area contributed by atoms with Crippen molar-refractivity contribution in [2.75, 3.05) is 13.2 Å². The molecule has 1 atom stereocenters. The minimum atomic E-state index is -0.830. The van der Waals surface area contributed by atoms with E-state index in [1.54, 1.807) is 6.07 Å². The van der Waals surface area contributed by atoms with Crippen molar-refractivity contribution in [2.45, 2.75) is 32.4 Å². The van der Waals surface area contributed by atoms with Crippen LogP contribution in [0.3, 0.4) is 0 Å². The molecule has 1 aromatic rings. The van der Waals surface area contributed by atoms with Crippen LogP contribution in [0.5, 0.6) is 0 Å². The molecule has 19 heavy (non-hydrogen) atoms. The first kappa shape index (κ1) is 16.0. The Bertz CT molecular complexity index is 407. The van der Waals surface area contributed by atoms with E-state index in [0.717, 1.165) is 12.0 Å². The summed E-state index contributed by atoms with van der Waals surface area (Å²) in [6.45, 7) is 3.01. The predicted molar refractivity (Wildman–Crippen MR) is 75.3 cm³/mol. The van der Waals surface area contributed by atoms with E-state index in [2.05, 4.69) is 0 Å². The van der Waals surface area contributed by atoms with E-state index < -0.39 is 5.97 Å². The second-order valence-electron chi connectivity index (χ2n) is 4.49. The van der Waals surface area contributed by atoms with Crippen LogP contribution in [0.2, 0.25) is 5.02 Å². The molecule has 0 fully saturated rings. The number of hydrogen-bond donors (Lipinski definition) is 2. The van der Waals surface area contributed by atoms with Crippen molar-refractivity contribution in [3.05, 3.63) is 34.9 Å². The summed E-state index contributed by atoms with van der Waals surface area (Å²) in [5, 5.41) is 18.8. The third-order valence-electron chi connectivity index (χ3n) is 3.09. The van der Waals surface area contributed by atoms with Crippen LogP contribution in [0.1, 0.15) is 25.3 Å². The highest BCUT2D eigenvalue weighted by Crippen LogP contribution is 2.15. The second-order valence-corrected chi connectivity index (χ2v) is 4.93. The van der Waals surface area contributed by atoms with Gasteiger partial charge in [-0.15, -0.1) is 0 Å². The van der Waals surface area contributed by atoms with Crippen LogP contribution in [0.15, 0.2) is 24.3 Å². The van der Waals surface area contributed by atoms with Crippen LogP contribution in [-0.2, 0) is 11.3 Å². The Morgan fingerprint density at radius 3 is 2.74 bits per heavy atom. The first-order chi connectivity index (χ1) is 9.06. The smallest absolute Gasteiger partial charge is 0.304 e. The van der Waals surface area contributed by atoms with Gasteiger partial charge in [0, 0.05) is 24.2 Å². The molecule has 0 radical (unpaired) electrons. The molecule has 0 spiro atoms. The highest BCUT2D eigenvalue weighted by molar-refractivity contribution is 6.30.